The Bertz CT molecular complexity index is 177. The van der Waals surface area contributed by atoms with E-state index in [4.69, 9.17) is 14.2 Å². The highest BCUT2D eigenvalue weighted by atomic mass is 16.5. The molecule has 0 rings (SSSR count). The summed E-state index contributed by atoms with van der Waals surface area (Å²) in [5.74, 6) is 0.905. The molecule has 0 aliphatic carbocycles. The van der Waals surface area contributed by atoms with E-state index in [-0.39, 0.29) is 0 Å². The van der Waals surface area contributed by atoms with Gasteiger partial charge in [-0.15, -0.1) is 0 Å². The Morgan fingerprint density at radius 3 is 2.00 bits per heavy atom. The third-order valence-electron chi connectivity index (χ3n) is 1.95. The van der Waals surface area contributed by atoms with Crippen molar-refractivity contribution in [3.63, 3.8) is 0 Å². The molecule has 3 nitrogen and oxygen atoms in total. The SMILES string of the molecule is C=C/C=C(\CCOCCCCOC)OC.CC.CC. The molecule has 0 amide bonds. The van der Waals surface area contributed by atoms with Crippen molar-refractivity contribution in [2.75, 3.05) is 34.0 Å². The van der Waals surface area contributed by atoms with E-state index in [1.54, 1.807) is 20.3 Å². The molecule has 0 bridgehead atoms. The van der Waals surface area contributed by atoms with Crippen molar-refractivity contribution in [2.24, 2.45) is 0 Å². The number of unbranched alkanes of at least 4 members (excludes halogenated alkanes) is 1. The smallest absolute Gasteiger partial charge is 0.0978 e. The topological polar surface area (TPSA) is 27.7 Å². The van der Waals surface area contributed by atoms with Crippen LogP contribution < -0.4 is 0 Å². The fraction of sp³-hybridized carbons (Fsp3) is 0.750. The molecule has 0 aliphatic rings. The molecular formula is C16H34O3. The zero-order valence-corrected chi connectivity index (χ0v) is 13.8. The molecule has 0 radical (unpaired) electrons. The minimum atomic E-state index is 0.695. The third kappa shape index (κ3) is 22.8. The lowest BCUT2D eigenvalue weighted by molar-refractivity contribution is 0.112. The second-order valence-corrected chi connectivity index (χ2v) is 3.14. The van der Waals surface area contributed by atoms with Crippen molar-refractivity contribution < 1.29 is 14.2 Å². The number of rotatable bonds is 10. The van der Waals surface area contributed by atoms with Gasteiger partial charge in [0.2, 0.25) is 0 Å². The predicted octanol–water partition coefficient (Wildman–Crippen LogP) is 4.59. The van der Waals surface area contributed by atoms with Gasteiger partial charge in [-0.2, -0.15) is 0 Å². The summed E-state index contributed by atoms with van der Waals surface area (Å²) >= 11 is 0. The van der Waals surface area contributed by atoms with Crippen molar-refractivity contribution in [1.29, 1.82) is 0 Å². The van der Waals surface area contributed by atoms with Crippen molar-refractivity contribution in [3.8, 4) is 0 Å². The average molecular weight is 274 g/mol. The van der Waals surface area contributed by atoms with E-state index < -0.39 is 0 Å². The first-order chi connectivity index (χ1) is 9.35. The lowest BCUT2D eigenvalue weighted by Gasteiger charge is -2.06. The van der Waals surface area contributed by atoms with E-state index in [1.165, 1.54) is 0 Å². The number of methoxy groups -OCH3 is 2. The molecule has 0 saturated carbocycles. The molecule has 0 heterocycles. The fourth-order valence-corrected chi connectivity index (χ4v) is 1.11. The summed E-state index contributed by atoms with van der Waals surface area (Å²) in [6.07, 6.45) is 6.47. The second-order valence-electron chi connectivity index (χ2n) is 3.14. The van der Waals surface area contributed by atoms with E-state index in [9.17, 15) is 0 Å². The highest BCUT2D eigenvalue weighted by molar-refractivity contribution is 5.03. The van der Waals surface area contributed by atoms with Crippen molar-refractivity contribution in [3.05, 3.63) is 24.5 Å². The Morgan fingerprint density at radius 1 is 0.947 bits per heavy atom. The molecule has 0 aromatic heterocycles. The van der Waals surface area contributed by atoms with Crippen LogP contribution in [0.1, 0.15) is 47.0 Å². The Morgan fingerprint density at radius 2 is 1.53 bits per heavy atom. The van der Waals surface area contributed by atoms with Crippen LogP contribution in [-0.4, -0.2) is 34.0 Å². The quantitative estimate of drug-likeness (QED) is 0.331. The molecule has 19 heavy (non-hydrogen) atoms. The molecular weight excluding hydrogens is 240 g/mol. The maximum atomic E-state index is 5.45. The minimum absolute atomic E-state index is 0.695. The van der Waals surface area contributed by atoms with Crippen LogP contribution in [0.3, 0.4) is 0 Å². The molecule has 0 atom stereocenters. The summed E-state index contributed by atoms with van der Waals surface area (Å²) in [5.41, 5.74) is 0. The fourth-order valence-electron chi connectivity index (χ4n) is 1.11. The molecule has 0 aromatic rings. The molecule has 0 aromatic carbocycles. The molecule has 0 saturated heterocycles. The van der Waals surface area contributed by atoms with Crippen LogP contribution in [0.15, 0.2) is 24.5 Å². The molecule has 116 valence electrons. The van der Waals surface area contributed by atoms with Crippen LogP contribution >= 0.6 is 0 Å². The van der Waals surface area contributed by atoms with Crippen LogP contribution in [0.5, 0.6) is 0 Å². The van der Waals surface area contributed by atoms with Crippen LogP contribution in [-0.2, 0) is 14.2 Å². The van der Waals surface area contributed by atoms with Crippen LogP contribution in [0.25, 0.3) is 0 Å². The lowest BCUT2D eigenvalue weighted by atomic mass is 10.3. The highest BCUT2D eigenvalue weighted by Gasteiger charge is 1.95. The van der Waals surface area contributed by atoms with Gasteiger partial charge < -0.3 is 14.2 Å². The number of allylic oxidation sites excluding steroid dienone is 2. The summed E-state index contributed by atoms with van der Waals surface area (Å²) < 4.78 is 15.5. The number of ether oxygens (including phenoxy) is 3. The van der Waals surface area contributed by atoms with Crippen molar-refractivity contribution in [2.45, 2.75) is 47.0 Å². The van der Waals surface area contributed by atoms with Gasteiger partial charge >= 0.3 is 0 Å². The first-order valence-electron chi connectivity index (χ1n) is 7.27. The molecule has 0 unspecified atom stereocenters. The number of hydrogen-bond acceptors (Lipinski definition) is 3. The Balaban J connectivity index is -0.000000579. The standard InChI is InChI=1S/C12H22O3.2C2H6/c1-4-7-12(14-3)8-11-15-10-6-5-9-13-2;2*1-2/h4,7H,1,5-6,8-11H2,2-3H3;2*1-2H3/b12-7+;;. The van der Waals surface area contributed by atoms with Gasteiger partial charge in [-0.3, -0.25) is 0 Å². The zero-order chi connectivity index (χ0) is 15.4. The third-order valence-corrected chi connectivity index (χ3v) is 1.95. The van der Waals surface area contributed by atoms with Gasteiger partial charge in [0, 0.05) is 26.7 Å². The first-order valence-corrected chi connectivity index (χ1v) is 7.27. The molecule has 0 aliphatic heterocycles. The molecule has 0 spiro atoms. The summed E-state index contributed by atoms with van der Waals surface area (Å²) in [6.45, 7) is 13.9. The molecule has 0 fully saturated rings. The van der Waals surface area contributed by atoms with Gasteiger partial charge in [0.1, 0.15) is 0 Å². The largest absolute Gasteiger partial charge is 0.501 e. The van der Waals surface area contributed by atoms with Crippen molar-refractivity contribution >= 4 is 0 Å². The molecule has 3 heteroatoms. The van der Waals surface area contributed by atoms with Gasteiger partial charge in [-0.1, -0.05) is 40.3 Å². The van der Waals surface area contributed by atoms with Gasteiger partial charge in [-0.25, -0.2) is 0 Å². The van der Waals surface area contributed by atoms with E-state index in [2.05, 4.69) is 6.58 Å². The van der Waals surface area contributed by atoms with Crippen molar-refractivity contribution in [1.82, 2.24) is 0 Å². The van der Waals surface area contributed by atoms with Gasteiger partial charge in [0.05, 0.1) is 19.5 Å². The Hall–Kier alpha value is -0.800. The zero-order valence-electron chi connectivity index (χ0n) is 13.8. The van der Waals surface area contributed by atoms with Gasteiger partial charge in [-0.05, 0) is 18.9 Å². The van der Waals surface area contributed by atoms with Gasteiger partial charge in [0.15, 0.2) is 0 Å². The van der Waals surface area contributed by atoms with Gasteiger partial charge in [0.25, 0.3) is 0 Å². The predicted molar refractivity (Wildman–Crippen MR) is 84.5 cm³/mol. The number of hydrogen-bond donors (Lipinski definition) is 0. The van der Waals surface area contributed by atoms with E-state index in [0.717, 1.165) is 38.2 Å². The monoisotopic (exact) mass is 274 g/mol. The minimum Gasteiger partial charge on any atom is -0.501 e. The van der Waals surface area contributed by atoms with E-state index >= 15 is 0 Å². The second kappa shape index (κ2) is 25.9. The highest BCUT2D eigenvalue weighted by Crippen LogP contribution is 2.02. The maximum Gasteiger partial charge on any atom is 0.0978 e. The summed E-state index contributed by atoms with van der Waals surface area (Å²) in [5, 5.41) is 0. The first kappa shape index (κ1) is 23.3. The van der Waals surface area contributed by atoms with Crippen LogP contribution in [0, 0.1) is 0 Å². The molecule has 0 N–H and O–H groups in total. The Kier molecular flexibility index (Phi) is 31.8. The summed E-state index contributed by atoms with van der Waals surface area (Å²) in [7, 11) is 3.37. The Labute approximate surface area is 120 Å². The average Bonchev–Trinajstić information content (AvgIpc) is 2.49. The lowest BCUT2D eigenvalue weighted by Crippen LogP contribution is -2.00. The van der Waals surface area contributed by atoms with E-state index in [0.29, 0.717) is 6.61 Å². The summed E-state index contributed by atoms with van der Waals surface area (Å²) in [4.78, 5) is 0. The van der Waals surface area contributed by atoms with Crippen LogP contribution in [0.2, 0.25) is 0 Å². The maximum absolute atomic E-state index is 5.45. The van der Waals surface area contributed by atoms with Crippen LogP contribution in [0.4, 0.5) is 0 Å². The summed E-state index contributed by atoms with van der Waals surface area (Å²) in [6, 6.07) is 0. The normalized spacial score (nSPS) is 9.68. The van der Waals surface area contributed by atoms with E-state index in [1.807, 2.05) is 33.8 Å².